The van der Waals surface area contributed by atoms with Crippen LogP contribution in [0, 0.1) is 5.82 Å². The van der Waals surface area contributed by atoms with Gasteiger partial charge in [-0.1, -0.05) is 35.9 Å². The van der Waals surface area contributed by atoms with Crippen molar-refractivity contribution in [2.75, 3.05) is 31.5 Å². The van der Waals surface area contributed by atoms with Crippen LogP contribution in [0.3, 0.4) is 0 Å². The lowest BCUT2D eigenvalue weighted by Crippen LogP contribution is -2.21. The summed E-state index contributed by atoms with van der Waals surface area (Å²) < 4.78 is 78.1. The van der Waals surface area contributed by atoms with E-state index in [1.54, 1.807) is 18.2 Å². The van der Waals surface area contributed by atoms with Gasteiger partial charge < -0.3 is 26.2 Å². The molecule has 0 saturated carbocycles. The molecule has 2 aromatic carbocycles. The highest BCUT2D eigenvalue weighted by atomic mass is 35.5. The first kappa shape index (κ1) is 35.2. The maximum Gasteiger partial charge on any atom is 0.490 e. The number of nitrogens with one attached hydrogen (secondary N) is 3. The molecule has 0 radical (unpaired) electrons. The number of alkyl halides is 6. The molecule has 234 valence electrons. The molecule has 0 unspecified atom stereocenters. The van der Waals surface area contributed by atoms with E-state index in [-0.39, 0.29) is 17.3 Å². The number of hydrogen-bond acceptors (Lipinski definition) is 5. The zero-order valence-corrected chi connectivity index (χ0v) is 22.8. The molecule has 2 aliphatic heterocycles. The van der Waals surface area contributed by atoms with Crippen molar-refractivity contribution in [3.8, 4) is 0 Å². The summed E-state index contributed by atoms with van der Waals surface area (Å²) in [6.45, 7) is 3.33. The summed E-state index contributed by atoms with van der Waals surface area (Å²) >= 11 is 6.44. The molecule has 0 bridgehead atoms. The van der Waals surface area contributed by atoms with E-state index in [1.165, 1.54) is 11.6 Å². The molecule has 43 heavy (non-hydrogen) atoms. The summed E-state index contributed by atoms with van der Waals surface area (Å²) in [5, 5.41) is 24.1. The van der Waals surface area contributed by atoms with E-state index in [2.05, 4.69) is 22.0 Å². The summed E-state index contributed by atoms with van der Waals surface area (Å²) in [4.78, 5) is 30.4. The Morgan fingerprint density at radius 3 is 1.63 bits per heavy atom. The lowest BCUT2D eigenvalue weighted by Gasteiger charge is -2.16. The third-order valence-corrected chi connectivity index (χ3v) is 6.08. The van der Waals surface area contributed by atoms with Crippen molar-refractivity contribution < 1.29 is 55.3 Å². The van der Waals surface area contributed by atoms with Crippen molar-refractivity contribution in [3.05, 3.63) is 76.1 Å². The fraction of sp³-hybridized carbons (Fsp3) is 0.296. The van der Waals surface area contributed by atoms with E-state index < -0.39 is 24.3 Å². The van der Waals surface area contributed by atoms with Crippen LogP contribution in [0.15, 0.2) is 48.6 Å². The van der Waals surface area contributed by atoms with E-state index in [4.69, 9.17) is 31.4 Å². The number of hydrogen-bond donors (Lipinski definition) is 5. The number of amides is 1. The summed E-state index contributed by atoms with van der Waals surface area (Å²) in [6, 6.07) is 10.1. The Bertz CT molecular complexity index is 1370. The van der Waals surface area contributed by atoms with Crippen LogP contribution in [0.1, 0.15) is 34.3 Å². The zero-order valence-electron chi connectivity index (χ0n) is 22.0. The maximum absolute atomic E-state index is 14.6. The van der Waals surface area contributed by atoms with Gasteiger partial charge in [0.15, 0.2) is 0 Å². The number of benzene rings is 2. The Kier molecular flexibility index (Phi) is 12.7. The molecule has 8 nitrogen and oxygen atoms in total. The van der Waals surface area contributed by atoms with Gasteiger partial charge >= 0.3 is 24.3 Å². The molecule has 0 aromatic heterocycles. The van der Waals surface area contributed by atoms with Gasteiger partial charge in [-0.05, 0) is 66.9 Å². The average molecular weight is 640 g/mol. The van der Waals surface area contributed by atoms with E-state index in [0.717, 1.165) is 50.2 Å². The Hall–Kier alpha value is -3.95. The summed E-state index contributed by atoms with van der Waals surface area (Å²) in [7, 11) is 0. The first-order valence-electron chi connectivity index (χ1n) is 12.3. The number of aliphatic carboxylic acids is 2. The lowest BCUT2D eigenvalue weighted by molar-refractivity contribution is -0.193. The first-order chi connectivity index (χ1) is 20.0. The minimum absolute atomic E-state index is 0.280. The molecule has 16 heteroatoms. The van der Waals surface area contributed by atoms with E-state index >= 15 is 0 Å². The van der Waals surface area contributed by atoms with Crippen LogP contribution in [0.4, 0.5) is 36.4 Å². The third kappa shape index (κ3) is 11.3. The second-order valence-corrected chi connectivity index (χ2v) is 9.22. The van der Waals surface area contributed by atoms with Gasteiger partial charge in [0.05, 0.1) is 5.02 Å². The van der Waals surface area contributed by atoms with Gasteiger partial charge in [-0.25, -0.2) is 14.0 Å². The zero-order chi connectivity index (χ0) is 32.4. The van der Waals surface area contributed by atoms with Crippen molar-refractivity contribution >= 4 is 46.3 Å². The molecule has 0 fully saturated rings. The Balaban J connectivity index is 0.000000384. The van der Waals surface area contributed by atoms with Gasteiger partial charge in [-0.15, -0.1) is 0 Å². The highest BCUT2D eigenvalue weighted by molar-refractivity contribution is 6.32. The van der Waals surface area contributed by atoms with Crippen molar-refractivity contribution in [1.29, 1.82) is 0 Å². The topological polar surface area (TPSA) is 128 Å². The number of carboxylic acids is 2. The number of carboxylic acid groups (broad SMARTS) is 2. The predicted octanol–water partition coefficient (Wildman–Crippen LogP) is 5.75. The van der Waals surface area contributed by atoms with Crippen LogP contribution in [0.2, 0.25) is 5.02 Å². The fourth-order valence-electron chi connectivity index (χ4n) is 3.71. The van der Waals surface area contributed by atoms with Crippen molar-refractivity contribution in [3.63, 3.8) is 0 Å². The summed E-state index contributed by atoms with van der Waals surface area (Å²) in [5.41, 5.74) is 4.59. The number of anilines is 1. The average Bonchev–Trinajstić information content (AvgIpc) is 2.93. The van der Waals surface area contributed by atoms with Gasteiger partial charge in [-0.2, -0.15) is 26.3 Å². The predicted molar refractivity (Wildman–Crippen MR) is 144 cm³/mol. The number of rotatable bonds is 4. The minimum Gasteiger partial charge on any atom is -0.475 e. The maximum atomic E-state index is 14.6. The highest BCUT2D eigenvalue weighted by Crippen LogP contribution is 2.30. The quantitative estimate of drug-likeness (QED) is 0.270. The highest BCUT2D eigenvalue weighted by Gasteiger charge is 2.38. The molecular weight excluding hydrogens is 615 g/mol. The largest absolute Gasteiger partial charge is 0.490 e. The van der Waals surface area contributed by atoms with Gasteiger partial charge in [0.2, 0.25) is 0 Å². The van der Waals surface area contributed by atoms with Crippen LogP contribution >= 0.6 is 11.6 Å². The lowest BCUT2D eigenvalue weighted by atomic mass is 9.98. The monoisotopic (exact) mass is 639 g/mol. The van der Waals surface area contributed by atoms with E-state index in [1.807, 2.05) is 18.2 Å². The van der Waals surface area contributed by atoms with Gasteiger partial charge in [-0.3, -0.25) is 4.79 Å². The first-order valence-corrected chi connectivity index (χ1v) is 12.7. The van der Waals surface area contributed by atoms with Crippen molar-refractivity contribution in [2.24, 2.45) is 0 Å². The Morgan fingerprint density at radius 2 is 1.23 bits per heavy atom. The second-order valence-electron chi connectivity index (χ2n) is 8.82. The molecule has 4 rings (SSSR count). The van der Waals surface area contributed by atoms with Crippen LogP contribution < -0.4 is 16.0 Å². The Morgan fingerprint density at radius 1 is 0.767 bits per heavy atom. The number of halogens is 8. The molecule has 1 amide bonds. The van der Waals surface area contributed by atoms with Crippen LogP contribution in [-0.2, 0) is 9.59 Å². The molecule has 2 heterocycles. The standard InChI is InChI=1S/C23H23ClFN3O.2C2HF3O2/c24-21-14-18(2-4-19(21)15-5-9-26-10-6-15)28-23(29)17-1-3-20(22(25)13-17)16-7-11-27-12-8-16;2*3-2(4,5)1(6)7/h1-5,7,13-14,26-27H,6,8-12H2,(H,28,29);2*(H,6,7). The normalized spacial score (nSPS) is 15.0. The molecule has 2 aromatic rings. The smallest absolute Gasteiger partial charge is 0.475 e. The molecule has 2 aliphatic rings. The SMILES string of the molecule is O=C(Nc1ccc(C2=CCNCC2)c(Cl)c1)c1ccc(C2=CCNCC2)c(F)c1.O=C(O)C(F)(F)F.O=C(O)C(F)(F)F. The van der Waals surface area contributed by atoms with E-state index in [9.17, 15) is 35.5 Å². The van der Waals surface area contributed by atoms with Gasteiger partial charge in [0.1, 0.15) is 5.82 Å². The molecule has 0 atom stereocenters. The third-order valence-electron chi connectivity index (χ3n) is 5.76. The van der Waals surface area contributed by atoms with Gasteiger partial charge in [0.25, 0.3) is 5.91 Å². The Labute approximate surface area is 245 Å². The van der Waals surface area contributed by atoms with E-state index in [0.29, 0.717) is 16.3 Å². The number of carbonyl (C=O) groups is 3. The summed E-state index contributed by atoms with van der Waals surface area (Å²) in [5.74, 6) is -6.25. The van der Waals surface area contributed by atoms with Crippen LogP contribution in [-0.4, -0.2) is 66.6 Å². The molecule has 0 spiro atoms. The fourth-order valence-corrected chi connectivity index (χ4v) is 4.01. The molecule has 0 saturated heterocycles. The molecular formula is C27H25ClF7N3O5. The molecule has 5 N–H and O–H groups in total. The second kappa shape index (κ2) is 15.5. The van der Waals surface area contributed by atoms with Crippen molar-refractivity contribution in [2.45, 2.75) is 25.2 Å². The minimum atomic E-state index is -5.08. The summed E-state index contributed by atoms with van der Waals surface area (Å²) in [6.07, 6.45) is -4.35. The van der Waals surface area contributed by atoms with Crippen molar-refractivity contribution in [1.82, 2.24) is 10.6 Å². The van der Waals surface area contributed by atoms with Crippen LogP contribution in [0.25, 0.3) is 11.1 Å². The molecule has 0 aliphatic carbocycles. The van der Waals surface area contributed by atoms with Crippen LogP contribution in [0.5, 0.6) is 0 Å². The van der Waals surface area contributed by atoms with Gasteiger partial charge in [0, 0.05) is 29.9 Å². The number of carbonyl (C=O) groups excluding carboxylic acids is 1.